The maximum absolute atomic E-state index is 4.38. The third-order valence-electron chi connectivity index (χ3n) is 5.98. The number of aromatic amines is 2. The Kier molecular flexibility index (Phi) is 11.2. The fourth-order valence-electron chi connectivity index (χ4n) is 4.36. The van der Waals surface area contributed by atoms with E-state index in [1.165, 1.54) is 56.4 Å². The number of imidazole rings is 1. The Morgan fingerprint density at radius 1 is 0.765 bits per heavy atom. The number of nitrogens with one attached hydrogen (secondary N) is 2. The Morgan fingerprint density at radius 2 is 1.47 bits per heavy atom. The van der Waals surface area contributed by atoms with Crippen molar-refractivity contribution in [3.8, 4) is 0 Å². The average molecular weight is 467 g/mol. The third kappa shape index (κ3) is 9.37. The van der Waals surface area contributed by atoms with Crippen LogP contribution in [-0.2, 0) is 26.2 Å². The molecule has 0 spiro atoms. The van der Waals surface area contributed by atoms with Gasteiger partial charge in [-0.1, -0.05) is 38.1 Å². The minimum Gasteiger partial charge on any atom is -0.348 e. The first-order chi connectivity index (χ1) is 16.7. The Morgan fingerprint density at radius 3 is 2.09 bits per heavy atom. The lowest BCUT2D eigenvalue weighted by atomic mass is 10.1. The van der Waals surface area contributed by atoms with Crippen LogP contribution in [0.15, 0.2) is 43.0 Å². The van der Waals surface area contributed by atoms with Gasteiger partial charge in [0.15, 0.2) is 5.82 Å². The Bertz CT molecular complexity index is 834. The molecule has 0 amide bonds. The zero-order chi connectivity index (χ0) is 24.0. The van der Waals surface area contributed by atoms with Crippen LogP contribution in [0, 0.1) is 0 Å². The van der Waals surface area contributed by atoms with E-state index in [4.69, 9.17) is 0 Å². The van der Waals surface area contributed by atoms with E-state index in [0.717, 1.165) is 37.8 Å². The van der Waals surface area contributed by atoms with Crippen molar-refractivity contribution in [3.63, 3.8) is 0 Å². The summed E-state index contributed by atoms with van der Waals surface area (Å²) < 4.78 is 0. The number of hydrogen-bond acceptors (Lipinski definition) is 6. The van der Waals surface area contributed by atoms with Crippen LogP contribution in [0.25, 0.3) is 0 Å². The number of hydrogen-bond donors (Lipinski definition) is 2. The van der Waals surface area contributed by atoms with E-state index < -0.39 is 0 Å². The summed E-state index contributed by atoms with van der Waals surface area (Å²) in [6.07, 6.45) is 10.3. The highest BCUT2D eigenvalue weighted by Crippen LogP contribution is 2.13. The molecule has 0 atom stereocenters. The molecule has 2 N–H and O–H groups in total. The van der Waals surface area contributed by atoms with Gasteiger partial charge in [-0.15, -0.1) is 0 Å². The molecule has 8 nitrogen and oxygen atoms in total. The minimum atomic E-state index is 0.669. The standard InChI is InChI=1S/C26H42N8/c1-4-14-33(15-5-2)17-7-6-16-32(3)18-23-8-10-24(11-9-23)19-34(20-25-27-12-13-28-25)21-26-29-22-30-31-26/h8-13,22H,4-7,14-21H2,1-3H3,(H,27,28)(H,29,30,31). The molecule has 0 aliphatic heterocycles. The maximum atomic E-state index is 4.38. The zero-order valence-corrected chi connectivity index (χ0v) is 21.2. The van der Waals surface area contributed by atoms with Crippen LogP contribution in [0.3, 0.4) is 0 Å². The number of nitrogens with zero attached hydrogens (tertiary/aromatic N) is 6. The Balaban J connectivity index is 1.44. The molecular formula is C26H42N8. The fraction of sp³-hybridized carbons (Fsp3) is 0.577. The average Bonchev–Trinajstić information content (AvgIpc) is 3.53. The monoisotopic (exact) mass is 466 g/mol. The molecule has 0 fully saturated rings. The topological polar surface area (TPSA) is 80.0 Å². The first-order valence-corrected chi connectivity index (χ1v) is 12.7. The van der Waals surface area contributed by atoms with Crippen molar-refractivity contribution in [2.24, 2.45) is 0 Å². The maximum Gasteiger partial charge on any atom is 0.164 e. The summed E-state index contributed by atoms with van der Waals surface area (Å²) in [6, 6.07) is 9.00. The van der Waals surface area contributed by atoms with Crippen LogP contribution in [-0.4, -0.2) is 73.1 Å². The summed E-state index contributed by atoms with van der Waals surface area (Å²) in [6.45, 7) is 12.6. The lowest BCUT2D eigenvalue weighted by Crippen LogP contribution is -2.27. The van der Waals surface area contributed by atoms with Crippen molar-refractivity contribution in [1.82, 2.24) is 39.8 Å². The van der Waals surface area contributed by atoms with Gasteiger partial charge in [0.25, 0.3) is 0 Å². The van der Waals surface area contributed by atoms with E-state index in [1.54, 1.807) is 12.5 Å². The highest BCUT2D eigenvalue weighted by Gasteiger charge is 2.12. The van der Waals surface area contributed by atoms with Gasteiger partial charge in [-0.3, -0.25) is 10.00 Å². The summed E-state index contributed by atoms with van der Waals surface area (Å²) in [5.74, 6) is 1.73. The normalized spacial score (nSPS) is 11.8. The van der Waals surface area contributed by atoms with E-state index in [1.807, 2.05) is 6.20 Å². The summed E-state index contributed by atoms with van der Waals surface area (Å²) in [5.41, 5.74) is 2.64. The molecule has 0 saturated carbocycles. The predicted molar refractivity (Wildman–Crippen MR) is 137 cm³/mol. The first-order valence-electron chi connectivity index (χ1n) is 12.7. The molecule has 1 aromatic carbocycles. The van der Waals surface area contributed by atoms with Crippen molar-refractivity contribution in [3.05, 3.63) is 65.8 Å². The number of benzene rings is 1. The molecule has 186 valence electrons. The fourth-order valence-corrected chi connectivity index (χ4v) is 4.36. The predicted octanol–water partition coefficient (Wildman–Crippen LogP) is 4.06. The van der Waals surface area contributed by atoms with Gasteiger partial charge < -0.3 is 14.8 Å². The second-order valence-electron chi connectivity index (χ2n) is 9.20. The molecule has 0 radical (unpaired) electrons. The Labute approximate surface area is 204 Å². The quantitative estimate of drug-likeness (QED) is 0.292. The van der Waals surface area contributed by atoms with Crippen LogP contribution in [0.5, 0.6) is 0 Å². The molecule has 0 aliphatic carbocycles. The molecule has 0 bridgehead atoms. The number of unbranched alkanes of at least 4 members (excludes halogenated alkanes) is 1. The van der Waals surface area contributed by atoms with Crippen molar-refractivity contribution < 1.29 is 0 Å². The highest BCUT2D eigenvalue weighted by atomic mass is 15.2. The van der Waals surface area contributed by atoms with Gasteiger partial charge in [0.2, 0.25) is 0 Å². The van der Waals surface area contributed by atoms with Gasteiger partial charge in [-0.25, -0.2) is 9.97 Å². The van der Waals surface area contributed by atoms with Gasteiger partial charge in [-0.2, -0.15) is 5.10 Å². The summed E-state index contributed by atoms with van der Waals surface area (Å²) in [7, 11) is 2.23. The second kappa shape index (κ2) is 14.7. The molecule has 0 saturated heterocycles. The summed E-state index contributed by atoms with van der Waals surface area (Å²) in [5, 5.41) is 7.02. The van der Waals surface area contributed by atoms with Gasteiger partial charge in [-0.05, 0) is 70.0 Å². The van der Waals surface area contributed by atoms with Crippen LogP contribution >= 0.6 is 0 Å². The van der Waals surface area contributed by atoms with Gasteiger partial charge >= 0.3 is 0 Å². The Hall–Kier alpha value is -2.55. The number of H-pyrrole nitrogens is 2. The van der Waals surface area contributed by atoms with Crippen molar-refractivity contribution in [2.45, 2.75) is 65.7 Å². The number of rotatable bonds is 17. The molecule has 2 heterocycles. The molecule has 8 heteroatoms. The van der Waals surface area contributed by atoms with Gasteiger partial charge in [0.1, 0.15) is 12.2 Å². The summed E-state index contributed by atoms with van der Waals surface area (Å²) in [4.78, 5) is 19.2. The van der Waals surface area contributed by atoms with Gasteiger partial charge in [0.05, 0.1) is 13.1 Å². The third-order valence-corrected chi connectivity index (χ3v) is 5.98. The molecule has 3 rings (SSSR count). The van der Waals surface area contributed by atoms with Crippen molar-refractivity contribution in [2.75, 3.05) is 33.2 Å². The van der Waals surface area contributed by atoms with Gasteiger partial charge in [0, 0.05) is 25.5 Å². The van der Waals surface area contributed by atoms with Crippen LogP contribution in [0.1, 0.15) is 62.3 Å². The van der Waals surface area contributed by atoms with E-state index in [9.17, 15) is 0 Å². The first kappa shape index (κ1) is 26.1. The van der Waals surface area contributed by atoms with E-state index in [0.29, 0.717) is 6.54 Å². The second-order valence-corrected chi connectivity index (χ2v) is 9.20. The van der Waals surface area contributed by atoms with Crippen molar-refractivity contribution in [1.29, 1.82) is 0 Å². The SMILES string of the molecule is CCCN(CCC)CCCCN(C)Cc1ccc(CN(Cc2nc[nH]n2)Cc2ncc[nH]2)cc1. The smallest absolute Gasteiger partial charge is 0.164 e. The highest BCUT2D eigenvalue weighted by molar-refractivity contribution is 5.22. The lowest BCUT2D eigenvalue weighted by Gasteiger charge is -2.22. The van der Waals surface area contributed by atoms with Crippen molar-refractivity contribution >= 4 is 0 Å². The number of aromatic nitrogens is 5. The largest absolute Gasteiger partial charge is 0.348 e. The van der Waals surface area contributed by atoms with E-state index >= 15 is 0 Å². The molecule has 2 aromatic heterocycles. The summed E-state index contributed by atoms with van der Waals surface area (Å²) >= 11 is 0. The van der Waals surface area contributed by atoms with Crippen LogP contribution in [0.2, 0.25) is 0 Å². The van der Waals surface area contributed by atoms with E-state index in [-0.39, 0.29) is 0 Å². The zero-order valence-electron chi connectivity index (χ0n) is 21.2. The van der Waals surface area contributed by atoms with Crippen LogP contribution in [0.4, 0.5) is 0 Å². The molecule has 34 heavy (non-hydrogen) atoms. The molecule has 3 aromatic rings. The molecule has 0 aliphatic rings. The van der Waals surface area contributed by atoms with Crippen LogP contribution < -0.4 is 0 Å². The molecular weight excluding hydrogens is 424 g/mol. The van der Waals surface area contributed by atoms with E-state index in [2.05, 4.69) is 85.0 Å². The lowest BCUT2D eigenvalue weighted by molar-refractivity contribution is 0.236. The minimum absolute atomic E-state index is 0.669. The molecule has 0 unspecified atom stereocenters.